The lowest BCUT2D eigenvalue weighted by molar-refractivity contribution is -0.299. The van der Waals surface area contributed by atoms with Gasteiger partial charge in [0.05, 0.1) is 0 Å². The average Bonchev–Trinajstić information content (AvgIpc) is 1.99. The van der Waals surface area contributed by atoms with Crippen molar-refractivity contribution in [2.24, 2.45) is 0 Å². The SMILES string of the molecule is C=CC(Cl)OOC(Cl)C=C. The summed E-state index contributed by atoms with van der Waals surface area (Å²) in [5, 5.41) is 0. The molecule has 4 heteroatoms. The van der Waals surface area contributed by atoms with Crippen LogP contribution in [0.25, 0.3) is 0 Å². The van der Waals surface area contributed by atoms with Gasteiger partial charge in [-0.3, -0.25) is 0 Å². The van der Waals surface area contributed by atoms with Crippen molar-refractivity contribution < 1.29 is 9.78 Å². The fourth-order valence-electron chi connectivity index (χ4n) is 0.185. The highest BCUT2D eigenvalue weighted by atomic mass is 35.5. The van der Waals surface area contributed by atoms with Gasteiger partial charge < -0.3 is 0 Å². The summed E-state index contributed by atoms with van der Waals surface area (Å²) in [6, 6.07) is 0. The van der Waals surface area contributed by atoms with Crippen LogP contribution in [0, 0.1) is 0 Å². The largest absolute Gasteiger partial charge is 0.211 e. The predicted molar refractivity (Wildman–Crippen MR) is 41.8 cm³/mol. The number of rotatable bonds is 5. The molecule has 0 amide bonds. The zero-order valence-corrected chi connectivity index (χ0v) is 6.81. The van der Waals surface area contributed by atoms with Crippen molar-refractivity contribution in [1.82, 2.24) is 0 Å². The summed E-state index contributed by atoms with van der Waals surface area (Å²) in [5.74, 6) is 0. The van der Waals surface area contributed by atoms with E-state index in [-0.39, 0.29) is 0 Å². The minimum absolute atomic E-state index is 0.679. The normalized spacial score (nSPS) is 15.8. The van der Waals surface area contributed by atoms with E-state index in [0.29, 0.717) is 0 Å². The van der Waals surface area contributed by atoms with Gasteiger partial charge in [-0.1, -0.05) is 36.4 Å². The van der Waals surface area contributed by atoms with Crippen molar-refractivity contribution in [2.45, 2.75) is 11.1 Å². The van der Waals surface area contributed by atoms with Gasteiger partial charge in [-0.05, 0) is 12.2 Å². The van der Waals surface area contributed by atoms with Crippen LogP contribution in [0.15, 0.2) is 25.3 Å². The minimum atomic E-state index is -0.679. The molecule has 58 valence electrons. The number of hydrogen-bond acceptors (Lipinski definition) is 2. The second-order valence-electron chi connectivity index (χ2n) is 1.37. The lowest BCUT2D eigenvalue weighted by Crippen LogP contribution is -2.07. The van der Waals surface area contributed by atoms with Crippen molar-refractivity contribution >= 4 is 23.2 Å². The molecule has 2 unspecified atom stereocenters. The highest BCUT2D eigenvalue weighted by Crippen LogP contribution is 2.05. The van der Waals surface area contributed by atoms with Crippen molar-refractivity contribution in [3.8, 4) is 0 Å². The van der Waals surface area contributed by atoms with Gasteiger partial charge in [0.25, 0.3) is 0 Å². The molecule has 0 radical (unpaired) electrons. The van der Waals surface area contributed by atoms with E-state index in [9.17, 15) is 0 Å². The molecule has 0 bridgehead atoms. The van der Waals surface area contributed by atoms with Crippen LogP contribution in [0.2, 0.25) is 0 Å². The first-order valence-corrected chi connectivity index (χ1v) is 3.43. The van der Waals surface area contributed by atoms with E-state index in [2.05, 4.69) is 22.9 Å². The molecule has 2 nitrogen and oxygen atoms in total. The van der Waals surface area contributed by atoms with Gasteiger partial charge in [0.15, 0.2) is 11.1 Å². The lowest BCUT2D eigenvalue weighted by Gasteiger charge is -2.06. The Kier molecular flexibility index (Phi) is 5.73. The summed E-state index contributed by atoms with van der Waals surface area (Å²) >= 11 is 10.8. The van der Waals surface area contributed by atoms with Crippen molar-refractivity contribution in [3.05, 3.63) is 25.3 Å². The van der Waals surface area contributed by atoms with Crippen molar-refractivity contribution in [3.63, 3.8) is 0 Å². The van der Waals surface area contributed by atoms with Crippen LogP contribution >= 0.6 is 23.2 Å². The summed E-state index contributed by atoms with van der Waals surface area (Å²) in [5.41, 5.74) is -1.36. The smallest absolute Gasteiger partial charge is 0.184 e. The molecule has 0 N–H and O–H groups in total. The molecular weight excluding hydrogens is 175 g/mol. The third-order valence-corrected chi connectivity index (χ3v) is 1.11. The monoisotopic (exact) mass is 182 g/mol. The summed E-state index contributed by atoms with van der Waals surface area (Å²) in [7, 11) is 0. The molecule has 0 saturated carbocycles. The Morgan fingerprint density at radius 2 is 1.30 bits per heavy atom. The second kappa shape index (κ2) is 5.74. The third-order valence-electron chi connectivity index (χ3n) is 0.610. The number of hydrogen-bond donors (Lipinski definition) is 0. The van der Waals surface area contributed by atoms with Crippen molar-refractivity contribution in [1.29, 1.82) is 0 Å². The molecule has 0 aromatic heterocycles. The standard InChI is InChI=1S/C6H8Cl2O2/c1-3-5(7)9-10-6(8)4-2/h3-6H,1-2H2. The van der Waals surface area contributed by atoms with Gasteiger partial charge in [0, 0.05) is 0 Å². The van der Waals surface area contributed by atoms with E-state index >= 15 is 0 Å². The van der Waals surface area contributed by atoms with Gasteiger partial charge in [-0.25, -0.2) is 9.78 Å². The summed E-state index contributed by atoms with van der Waals surface area (Å²) in [4.78, 5) is 8.98. The summed E-state index contributed by atoms with van der Waals surface area (Å²) in [6.07, 6.45) is 2.74. The van der Waals surface area contributed by atoms with Gasteiger partial charge >= 0.3 is 0 Å². The molecule has 10 heavy (non-hydrogen) atoms. The maximum Gasteiger partial charge on any atom is 0.184 e. The quantitative estimate of drug-likeness (QED) is 0.282. The van der Waals surface area contributed by atoms with Crippen molar-refractivity contribution in [2.75, 3.05) is 0 Å². The Morgan fingerprint density at radius 3 is 1.50 bits per heavy atom. The zero-order valence-electron chi connectivity index (χ0n) is 5.30. The summed E-state index contributed by atoms with van der Waals surface area (Å²) < 4.78 is 0. The lowest BCUT2D eigenvalue weighted by atomic mass is 10.7. The average molecular weight is 183 g/mol. The molecular formula is C6H8Cl2O2. The topological polar surface area (TPSA) is 18.5 Å². The first-order valence-electron chi connectivity index (χ1n) is 2.56. The Bertz CT molecular complexity index is 102. The maximum absolute atomic E-state index is 5.41. The van der Waals surface area contributed by atoms with Crippen LogP contribution < -0.4 is 0 Å². The van der Waals surface area contributed by atoms with Crippen LogP contribution in [0.1, 0.15) is 0 Å². The first kappa shape index (κ1) is 9.98. The van der Waals surface area contributed by atoms with E-state index in [0.717, 1.165) is 0 Å². The second-order valence-corrected chi connectivity index (χ2v) is 2.23. The maximum atomic E-state index is 5.41. The van der Waals surface area contributed by atoms with Crippen LogP contribution in [0.5, 0.6) is 0 Å². The van der Waals surface area contributed by atoms with E-state index in [4.69, 9.17) is 23.2 Å². The van der Waals surface area contributed by atoms with Gasteiger partial charge in [-0.2, -0.15) is 0 Å². The number of halogens is 2. The van der Waals surface area contributed by atoms with Crippen LogP contribution in [-0.2, 0) is 9.78 Å². The zero-order chi connectivity index (χ0) is 7.98. The Labute approximate surface area is 69.9 Å². The minimum Gasteiger partial charge on any atom is -0.211 e. The summed E-state index contributed by atoms with van der Waals surface area (Å²) in [6.45, 7) is 6.72. The molecule has 0 fully saturated rings. The van der Waals surface area contributed by atoms with Crippen LogP contribution in [0.3, 0.4) is 0 Å². The molecule has 0 aromatic carbocycles. The van der Waals surface area contributed by atoms with E-state index < -0.39 is 11.1 Å². The molecule has 0 saturated heterocycles. The molecule has 0 aliphatic heterocycles. The molecule has 0 rings (SSSR count). The fourth-order valence-corrected chi connectivity index (χ4v) is 0.269. The molecule has 0 spiro atoms. The Hall–Kier alpha value is -0.0200. The van der Waals surface area contributed by atoms with Gasteiger partial charge in [0.2, 0.25) is 0 Å². The Balaban J connectivity index is 3.34. The van der Waals surface area contributed by atoms with E-state index in [1.807, 2.05) is 0 Å². The van der Waals surface area contributed by atoms with Gasteiger partial charge in [0.1, 0.15) is 0 Å². The van der Waals surface area contributed by atoms with Crippen LogP contribution in [0.4, 0.5) is 0 Å². The molecule has 0 heterocycles. The van der Waals surface area contributed by atoms with Gasteiger partial charge in [-0.15, -0.1) is 0 Å². The van der Waals surface area contributed by atoms with Crippen LogP contribution in [-0.4, -0.2) is 11.1 Å². The highest BCUT2D eigenvalue weighted by molar-refractivity contribution is 6.21. The van der Waals surface area contributed by atoms with E-state index in [1.165, 1.54) is 12.2 Å². The predicted octanol–water partition coefficient (Wildman–Crippen LogP) is 2.44. The highest BCUT2D eigenvalue weighted by Gasteiger charge is 2.02. The Morgan fingerprint density at radius 1 is 1.00 bits per heavy atom. The molecule has 0 aliphatic rings. The third kappa shape index (κ3) is 4.82. The molecule has 0 aromatic rings. The number of alkyl halides is 2. The fraction of sp³-hybridized carbons (Fsp3) is 0.333. The van der Waals surface area contributed by atoms with E-state index in [1.54, 1.807) is 0 Å². The molecule has 0 aliphatic carbocycles. The molecule has 2 atom stereocenters. The first-order chi connectivity index (χ1) is 4.70.